The van der Waals surface area contributed by atoms with Gasteiger partial charge in [0.1, 0.15) is 11.6 Å². The van der Waals surface area contributed by atoms with Gasteiger partial charge in [-0.25, -0.2) is 14.8 Å². The molecule has 4 fully saturated rings. The van der Waals surface area contributed by atoms with Crippen molar-refractivity contribution >= 4 is 35.5 Å². The van der Waals surface area contributed by atoms with E-state index in [-0.39, 0.29) is 35.2 Å². The van der Waals surface area contributed by atoms with E-state index in [0.717, 1.165) is 87.9 Å². The summed E-state index contributed by atoms with van der Waals surface area (Å²) in [5.41, 5.74) is 17.8. The lowest BCUT2D eigenvalue weighted by Crippen LogP contribution is -2.68. The van der Waals surface area contributed by atoms with Gasteiger partial charge in [-0.2, -0.15) is 0 Å². The van der Waals surface area contributed by atoms with Gasteiger partial charge in [0, 0.05) is 96.0 Å². The number of aromatic nitrogens is 3. The minimum Gasteiger partial charge on any atom is -0.507 e. The quantitative estimate of drug-likeness (QED) is 0.228. The van der Waals surface area contributed by atoms with Crippen molar-refractivity contribution in [1.82, 2.24) is 29.7 Å². The summed E-state index contributed by atoms with van der Waals surface area (Å²) in [6, 6.07) is 7.75. The Morgan fingerprint density at radius 3 is 2.38 bits per heavy atom. The summed E-state index contributed by atoms with van der Waals surface area (Å²) in [5.74, 6) is 1.75. The molecule has 3 unspecified atom stereocenters. The number of hydrogen-bond donors (Lipinski definition) is 4. The zero-order chi connectivity index (χ0) is 39.5. The van der Waals surface area contributed by atoms with Gasteiger partial charge < -0.3 is 45.9 Å². The fraction of sp³-hybridized carbons (Fsp3) is 0.581. The molecule has 2 amide bonds. The molecule has 6 heterocycles. The largest absolute Gasteiger partial charge is 0.507 e. The average Bonchev–Trinajstić information content (AvgIpc) is 3.71. The van der Waals surface area contributed by atoms with Crippen LogP contribution in [-0.4, -0.2) is 104 Å². The summed E-state index contributed by atoms with van der Waals surface area (Å²) in [7, 11) is 0. The molecule has 3 atom stereocenters. The molecule has 56 heavy (non-hydrogen) atoms. The number of aromatic amines is 1. The number of fused-ring (bicyclic) bond motifs is 1. The van der Waals surface area contributed by atoms with E-state index in [2.05, 4.69) is 28.6 Å². The Hall–Kier alpha value is -4.78. The lowest BCUT2D eigenvalue weighted by molar-refractivity contribution is -0.150. The Kier molecular flexibility index (Phi) is 9.95. The molecule has 3 saturated heterocycles. The van der Waals surface area contributed by atoms with Crippen molar-refractivity contribution in [3.05, 3.63) is 64.6 Å². The van der Waals surface area contributed by atoms with Crippen molar-refractivity contribution in [3.63, 3.8) is 0 Å². The third-order valence-corrected chi connectivity index (χ3v) is 13.3. The van der Waals surface area contributed by atoms with E-state index >= 15 is 0 Å². The number of ether oxygens (including phenoxy) is 1. The molecule has 4 aliphatic heterocycles. The number of carbonyl (C=O) groups is 2. The number of nitrogens with one attached hydrogen (secondary N) is 1. The molecular formula is C43H59N9O4. The normalized spacial score (nSPS) is 23.8. The van der Waals surface area contributed by atoms with Crippen molar-refractivity contribution in [2.75, 3.05) is 49.9 Å². The zero-order valence-electron chi connectivity index (χ0n) is 33.6. The SMILES string of the molecule is CC1CCCN1C(=O)C(OC(=O)N1CC2(CC(N3CCC(c4cnc(N5CCc6[nH]c(N)c(/C=C(\N)c7ccccc7O)c6C5C)nc4)CC3)C2)C1)C(C)(C)C. The number of piperidine rings is 1. The fourth-order valence-electron chi connectivity index (χ4n) is 10.1. The molecule has 8 rings (SSSR count). The number of amides is 2. The summed E-state index contributed by atoms with van der Waals surface area (Å²) < 4.78 is 5.95. The number of H-pyrrole nitrogens is 1. The number of hydrogen-bond acceptors (Lipinski definition) is 10. The van der Waals surface area contributed by atoms with Gasteiger partial charge in [0.2, 0.25) is 5.95 Å². The highest BCUT2D eigenvalue weighted by Crippen LogP contribution is 2.51. The van der Waals surface area contributed by atoms with E-state index in [0.29, 0.717) is 48.1 Å². The van der Waals surface area contributed by atoms with Crippen LogP contribution in [-0.2, 0) is 16.0 Å². The summed E-state index contributed by atoms with van der Waals surface area (Å²) in [6.07, 6.45) is 11.9. The van der Waals surface area contributed by atoms with Gasteiger partial charge in [-0.05, 0) is 95.2 Å². The Bertz CT molecular complexity index is 1960. The highest BCUT2D eigenvalue weighted by atomic mass is 16.6. The number of phenolic OH excluding ortho intramolecular Hbond substituents is 1. The van der Waals surface area contributed by atoms with Gasteiger partial charge in [-0.1, -0.05) is 32.9 Å². The van der Waals surface area contributed by atoms with E-state index in [1.807, 2.05) is 50.2 Å². The van der Waals surface area contributed by atoms with Gasteiger partial charge in [-0.15, -0.1) is 0 Å². The number of nitrogen functional groups attached to an aromatic ring is 1. The topological polar surface area (TPSA) is 170 Å². The second-order valence-corrected chi connectivity index (χ2v) is 18.3. The summed E-state index contributed by atoms with van der Waals surface area (Å²) in [4.78, 5) is 48.3. The van der Waals surface area contributed by atoms with Crippen LogP contribution < -0.4 is 16.4 Å². The van der Waals surface area contributed by atoms with Crippen molar-refractivity contribution in [2.24, 2.45) is 16.6 Å². The van der Waals surface area contributed by atoms with Crippen LogP contribution in [0.3, 0.4) is 0 Å². The first-order chi connectivity index (χ1) is 26.7. The molecule has 13 heteroatoms. The van der Waals surface area contributed by atoms with E-state index in [1.54, 1.807) is 23.1 Å². The lowest BCUT2D eigenvalue weighted by atomic mass is 9.60. The molecule has 0 radical (unpaired) electrons. The number of phenols is 1. The molecule has 13 nitrogen and oxygen atoms in total. The molecule has 1 aromatic carbocycles. The Labute approximate surface area is 330 Å². The standard InChI is InChI=1S/C43H59N9O4/c1-26-9-8-15-51(26)39(54)37(42(3,4)5)56-41(55)50-24-43(25-50)20-30(21-43)49-16-12-28(13-17-49)29-22-46-40(47-23-29)52-18-14-34-36(27(52)2)32(38(45)48-34)19-33(44)31-10-6-7-11-35(31)53/h6-7,10-11,19,22-23,26-28,30,37,48,53H,8-9,12-18,20-21,24-25,44-45H2,1-5H3/b33-19-. The fourth-order valence-corrected chi connectivity index (χ4v) is 10.1. The zero-order valence-corrected chi connectivity index (χ0v) is 33.6. The smallest absolute Gasteiger partial charge is 0.410 e. The molecule has 0 bridgehead atoms. The number of rotatable bonds is 7. The molecule has 1 saturated carbocycles. The number of nitrogens with two attached hydrogens (primary N) is 2. The van der Waals surface area contributed by atoms with Gasteiger partial charge >= 0.3 is 6.09 Å². The summed E-state index contributed by atoms with van der Waals surface area (Å²) in [6.45, 7) is 15.2. The van der Waals surface area contributed by atoms with Crippen molar-refractivity contribution in [3.8, 4) is 5.75 Å². The Balaban J connectivity index is 0.821. The first kappa shape index (κ1) is 38.1. The second-order valence-electron chi connectivity index (χ2n) is 18.3. The molecule has 5 aliphatic rings. The van der Waals surface area contributed by atoms with E-state index in [9.17, 15) is 14.7 Å². The molecule has 3 aromatic rings. The predicted molar refractivity (Wildman–Crippen MR) is 218 cm³/mol. The van der Waals surface area contributed by atoms with E-state index in [4.69, 9.17) is 26.2 Å². The maximum Gasteiger partial charge on any atom is 0.410 e. The number of aromatic hydroxyl groups is 1. The number of likely N-dealkylation sites (tertiary alicyclic amines) is 3. The minimum absolute atomic E-state index is 0.0303. The second kappa shape index (κ2) is 14.6. The number of anilines is 2. The Morgan fingerprint density at radius 1 is 1.04 bits per heavy atom. The van der Waals surface area contributed by atoms with Crippen LogP contribution in [0.15, 0.2) is 36.7 Å². The number of carbonyl (C=O) groups excluding carboxylic acids is 2. The molecule has 2 aromatic heterocycles. The number of para-hydroxylation sites is 1. The first-order valence-electron chi connectivity index (χ1n) is 20.6. The van der Waals surface area contributed by atoms with Crippen LogP contribution in [0, 0.1) is 10.8 Å². The van der Waals surface area contributed by atoms with Crippen molar-refractivity contribution in [1.29, 1.82) is 0 Å². The average molecular weight is 766 g/mol. The maximum atomic E-state index is 13.4. The van der Waals surface area contributed by atoms with Crippen LogP contribution in [0.25, 0.3) is 11.8 Å². The monoisotopic (exact) mass is 765 g/mol. The van der Waals surface area contributed by atoms with Crippen LogP contribution in [0.2, 0.25) is 0 Å². The maximum absolute atomic E-state index is 13.4. The van der Waals surface area contributed by atoms with Crippen molar-refractivity contribution < 1.29 is 19.4 Å². The van der Waals surface area contributed by atoms with Gasteiger partial charge in [0.15, 0.2) is 6.10 Å². The number of nitrogens with zero attached hydrogens (tertiary/aromatic N) is 6. The summed E-state index contributed by atoms with van der Waals surface area (Å²) in [5, 5.41) is 10.3. The van der Waals surface area contributed by atoms with Gasteiger partial charge in [0.05, 0.1) is 6.04 Å². The van der Waals surface area contributed by atoms with Crippen LogP contribution in [0.1, 0.15) is 113 Å². The predicted octanol–water partition coefficient (Wildman–Crippen LogP) is 5.88. The molecule has 1 aliphatic carbocycles. The molecule has 6 N–H and O–H groups in total. The molecule has 1 spiro atoms. The Morgan fingerprint density at radius 2 is 1.73 bits per heavy atom. The summed E-state index contributed by atoms with van der Waals surface area (Å²) >= 11 is 0. The molecule has 300 valence electrons. The van der Waals surface area contributed by atoms with E-state index in [1.165, 1.54) is 5.56 Å². The molecular weight excluding hydrogens is 707 g/mol. The van der Waals surface area contributed by atoms with Crippen LogP contribution in [0.4, 0.5) is 16.6 Å². The van der Waals surface area contributed by atoms with Crippen molar-refractivity contribution in [2.45, 2.75) is 110 Å². The number of benzene rings is 1. The third-order valence-electron chi connectivity index (χ3n) is 13.3. The first-order valence-corrected chi connectivity index (χ1v) is 20.6. The third kappa shape index (κ3) is 7.07. The van der Waals surface area contributed by atoms with Crippen LogP contribution in [0.5, 0.6) is 5.75 Å². The minimum atomic E-state index is -0.774. The highest BCUT2D eigenvalue weighted by molar-refractivity contribution is 5.87. The van der Waals surface area contributed by atoms with Crippen LogP contribution >= 0.6 is 0 Å². The van der Waals surface area contributed by atoms with E-state index < -0.39 is 11.5 Å². The lowest BCUT2D eigenvalue weighted by Gasteiger charge is -2.61. The highest BCUT2D eigenvalue weighted by Gasteiger charge is 2.56. The van der Waals surface area contributed by atoms with Gasteiger partial charge in [-0.3, -0.25) is 4.79 Å². The van der Waals surface area contributed by atoms with Gasteiger partial charge in [0.25, 0.3) is 5.91 Å².